The number of hydrogen-bond acceptors (Lipinski definition) is 5. The van der Waals surface area contributed by atoms with Crippen LogP contribution in [0, 0.1) is 0 Å². The first-order valence-electron chi connectivity index (χ1n) is 5.15. The second kappa shape index (κ2) is 5.65. The minimum absolute atomic E-state index is 0.356. The van der Waals surface area contributed by atoms with Crippen molar-refractivity contribution in [2.75, 3.05) is 6.26 Å². The second-order valence-corrected chi connectivity index (χ2v) is 4.15. The monoisotopic (exact) mass is 247 g/mol. The summed E-state index contributed by atoms with van der Waals surface area (Å²) in [4.78, 5) is 9.34. The smallest absolute Gasteiger partial charge is 0.238 e. The van der Waals surface area contributed by atoms with Crippen LogP contribution in [0.25, 0.3) is 0 Å². The first-order valence-corrected chi connectivity index (χ1v) is 6.38. The lowest BCUT2D eigenvalue weighted by Gasteiger charge is -2.08. The zero-order valence-electron chi connectivity index (χ0n) is 9.46. The van der Waals surface area contributed by atoms with Gasteiger partial charge in [0.05, 0.1) is 11.9 Å². The van der Waals surface area contributed by atoms with E-state index in [9.17, 15) is 0 Å². The van der Waals surface area contributed by atoms with Crippen molar-refractivity contribution in [3.05, 3.63) is 42.4 Å². The quantitative estimate of drug-likeness (QED) is 0.841. The lowest BCUT2D eigenvalue weighted by atomic mass is 10.3. The Morgan fingerprint density at radius 1 is 1.29 bits per heavy atom. The van der Waals surface area contributed by atoms with Gasteiger partial charge in [0.1, 0.15) is 5.75 Å². The SMILES string of the molecule is CSc1ccccc1Oc1cncc(CN)n1. The summed E-state index contributed by atoms with van der Waals surface area (Å²) in [5.74, 6) is 1.25. The molecule has 1 aromatic heterocycles. The normalized spacial score (nSPS) is 10.2. The van der Waals surface area contributed by atoms with E-state index < -0.39 is 0 Å². The molecule has 88 valence electrons. The zero-order valence-corrected chi connectivity index (χ0v) is 10.3. The predicted molar refractivity (Wildman–Crippen MR) is 68.2 cm³/mol. The molecule has 0 aliphatic heterocycles. The summed E-state index contributed by atoms with van der Waals surface area (Å²) in [7, 11) is 0. The molecule has 0 atom stereocenters. The number of benzene rings is 1. The highest BCUT2D eigenvalue weighted by atomic mass is 32.2. The largest absolute Gasteiger partial charge is 0.436 e. The van der Waals surface area contributed by atoms with Crippen LogP contribution in [0.15, 0.2) is 41.6 Å². The van der Waals surface area contributed by atoms with Crippen LogP contribution in [-0.4, -0.2) is 16.2 Å². The third-order valence-corrected chi connectivity index (χ3v) is 2.93. The molecule has 0 bridgehead atoms. The van der Waals surface area contributed by atoms with Crippen molar-refractivity contribution in [3.8, 4) is 11.6 Å². The summed E-state index contributed by atoms with van der Waals surface area (Å²) >= 11 is 1.63. The maximum Gasteiger partial charge on any atom is 0.238 e. The van der Waals surface area contributed by atoms with E-state index in [4.69, 9.17) is 10.5 Å². The van der Waals surface area contributed by atoms with Gasteiger partial charge < -0.3 is 10.5 Å². The Kier molecular flexibility index (Phi) is 3.95. The highest BCUT2D eigenvalue weighted by Crippen LogP contribution is 2.30. The first kappa shape index (κ1) is 11.9. The number of nitrogens with zero attached hydrogens (tertiary/aromatic N) is 2. The van der Waals surface area contributed by atoms with Gasteiger partial charge in [0.15, 0.2) is 0 Å². The minimum atomic E-state index is 0.356. The number of aromatic nitrogens is 2. The molecule has 17 heavy (non-hydrogen) atoms. The second-order valence-electron chi connectivity index (χ2n) is 3.31. The van der Waals surface area contributed by atoms with Crippen molar-refractivity contribution in [3.63, 3.8) is 0 Å². The summed E-state index contributed by atoms with van der Waals surface area (Å²) in [6.07, 6.45) is 5.22. The summed E-state index contributed by atoms with van der Waals surface area (Å²) in [6.45, 7) is 0.356. The Bertz CT molecular complexity index is 505. The van der Waals surface area contributed by atoms with Crippen molar-refractivity contribution in [1.82, 2.24) is 9.97 Å². The maximum atomic E-state index is 5.69. The topological polar surface area (TPSA) is 61.0 Å². The number of para-hydroxylation sites is 1. The average Bonchev–Trinajstić information content (AvgIpc) is 2.39. The molecule has 0 fully saturated rings. The highest BCUT2D eigenvalue weighted by molar-refractivity contribution is 7.98. The van der Waals surface area contributed by atoms with Gasteiger partial charge in [-0.1, -0.05) is 12.1 Å². The van der Waals surface area contributed by atoms with Gasteiger partial charge in [0.25, 0.3) is 0 Å². The van der Waals surface area contributed by atoms with Gasteiger partial charge in [0.2, 0.25) is 5.88 Å². The van der Waals surface area contributed by atoms with E-state index >= 15 is 0 Å². The van der Waals surface area contributed by atoms with Crippen LogP contribution in [-0.2, 0) is 6.54 Å². The molecule has 0 saturated heterocycles. The fourth-order valence-corrected chi connectivity index (χ4v) is 1.88. The van der Waals surface area contributed by atoms with E-state index in [1.54, 1.807) is 24.2 Å². The first-order chi connectivity index (χ1) is 8.33. The standard InChI is InChI=1S/C12H13N3OS/c1-17-11-5-3-2-4-10(11)16-12-8-14-7-9(6-13)15-12/h2-5,7-8H,6,13H2,1H3. The molecule has 4 nitrogen and oxygen atoms in total. The molecule has 0 saturated carbocycles. The Morgan fingerprint density at radius 3 is 2.88 bits per heavy atom. The third-order valence-electron chi connectivity index (χ3n) is 2.16. The Labute approximate surface area is 104 Å². The third kappa shape index (κ3) is 2.95. The predicted octanol–water partition coefficient (Wildman–Crippen LogP) is 2.45. The van der Waals surface area contributed by atoms with E-state index in [1.807, 2.05) is 30.5 Å². The van der Waals surface area contributed by atoms with Crippen molar-refractivity contribution in [2.24, 2.45) is 5.73 Å². The molecule has 0 aliphatic carbocycles. The van der Waals surface area contributed by atoms with Crippen LogP contribution in [0.3, 0.4) is 0 Å². The molecular weight excluding hydrogens is 234 g/mol. The van der Waals surface area contributed by atoms with E-state index in [1.165, 1.54) is 0 Å². The van der Waals surface area contributed by atoms with Crippen molar-refractivity contribution >= 4 is 11.8 Å². The molecular formula is C12H13N3OS. The van der Waals surface area contributed by atoms with Crippen LogP contribution < -0.4 is 10.5 Å². The Morgan fingerprint density at radius 2 is 2.12 bits per heavy atom. The van der Waals surface area contributed by atoms with Gasteiger partial charge in [-0.2, -0.15) is 0 Å². The number of rotatable bonds is 4. The van der Waals surface area contributed by atoms with E-state index in [2.05, 4.69) is 9.97 Å². The number of ether oxygens (including phenoxy) is 1. The number of nitrogens with two attached hydrogens (primary N) is 1. The van der Waals surface area contributed by atoms with Crippen LogP contribution in [0.2, 0.25) is 0 Å². The molecule has 0 aliphatic rings. The Balaban J connectivity index is 2.24. The lowest BCUT2D eigenvalue weighted by molar-refractivity contribution is 0.447. The molecule has 1 aromatic carbocycles. The number of thioether (sulfide) groups is 1. The van der Waals surface area contributed by atoms with E-state index in [-0.39, 0.29) is 0 Å². The van der Waals surface area contributed by atoms with Gasteiger partial charge in [-0.25, -0.2) is 4.98 Å². The molecule has 1 heterocycles. The molecule has 5 heteroatoms. The fourth-order valence-electron chi connectivity index (χ4n) is 1.35. The molecule has 0 unspecified atom stereocenters. The van der Waals surface area contributed by atoms with Gasteiger partial charge >= 0.3 is 0 Å². The minimum Gasteiger partial charge on any atom is -0.436 e. The molecule has 0 spiro atoms. The summed E-state index contributed by atoms with van der Waals surface area (Å²) in [5, 5.41) is 0. The van der Waals surface area contributed by atoms with Gasteiger partial charge in [0, 0.05) is 17.6 Å². The Hall–Kier alpha value is -1.59. The van der Waals surface area contributed by atoms with E-state index in [0.29, 0.717) is 18.1 Å². The number of hydrogen-bond donors (Lipinski definition) is 1. The molecule has 0 radical (unpaired) electrons. The van der Waals surface area contributed by atoms with Gasteiger partial charge in [-0.05, 0) is 18.4 Å². The van der Waals surface area contributed by atoms with Crippen molar-refractivity contribution < 1.29 is 4.74 Å². The summed E-state index contributed by atoms with van der Waals surface area (Å²) < 4.78 is 5.69. The highest BCUT2D eigenvalue weighted by Gasteiger charge is 2.04. The van der Waals surface area contributed by atoms with E-state index in [0.717, 1.165) is 10.6 Å². The summed E-state index contributed by atoms with van der Waals surface area (Å²) in [6, 6.07) is 7.80. The van der Waals surface area contributed by atoms with Crippen LogP contribution in [0.1, 0.15) is 5.69 Å². The zero-order chi connectivity index (χ0) is 12.1. The lowest BCUT2D eigenvalue weighted by Crippen LogP contribution is -2.01. The average molecular weight is 247 g/mol. The van der Waals surface area contributed by atoms with Gasteiger partial charge in [-0.3, -0.25) is 4.98 Å². The van der Waals surface area contributed by atoms with Gasteiger partial charge in [-0.15, -0.1) is 11.8 Å². The molecule has 2 rings (SSSR count). The molecule has 0 amide bonds. The fraction of sp³-hybridized carbons (Fsp3) is 0.167. The van der Waals surface area contributed by atoms with Crippen molar-refractivity contribution in [1.29, 1.82) is 0 Å². The van der Waals surface area contributed by atoms with Crippen LogP contribution in [0.4, 0.5) is 0 Å². The molecule has 2 aromatic rings. The van der Waals surface area contributed by atoms with Crippen molar-refractivity contribution in [2.45, 2.75) is 11.4 Å². The maximum absolute atomic E-state index is 5.69. The van der Waals surface area contributed by atoms with Crippen LogP contribution in [0.5, 0.6) is 11.6 Å². The molecule has 2 N–H and O–H groups in total. The van der Waals surface area contributed by atoms with Crippen LogP contribution >= 0.6 is 11.8 Å². The summed E-state index contributed by atoms with van der Waals surface area (Å²) in [5.41, 5.74) is 6.22.